The van der Waals surface area contributed by atoms with Gasteiger partial charge in [-0.1, -0.05) is 19.3 Å². The van der Waals surface area contributed by atoms with Crippen LogP contribution in [0.1, 0.15) is 61.7 Å². The van der Waals surface area contributed by atoms with Gasteiger partial charge < -0.3 is 16.0 Å². The van der Waals surface area contributed by atoms with Crippen LogP contribution in [-0.4, -0.2) is 42.4 Å². The highest BCUT2D eigenvalue weighted by Gasteiger charge is 2.35. The minimum atomic E-state index is -0.00434. The maximum absolute atomic E-state index is 12.7. The number of carbonyl (C=O) groups excluding carboxylic acids is 2. The summed E-state index contributed by atoms with van der Waals surface area (Å²) in [6.07, 6.45) is 8.09. The average Bonchev–Trinajstić information content (AvgIpc) is 3.18. The zero-order valence-corrected chi connectivity index (χ0v) is 15.7. The Hall–Kier alpha value is -1.40. The molecule has 2 aliphatic rings. The molecule has 0 bridgehead atoms. The number of amides is 2. The fourth-order valence-corrected chi connectivity index (χ4v) is 4.76. The van der Waals surface area contributed by atoms with Gasteiger partial charge in [-0.15, -0.1) is 0 Å². The fourth-order valence-electron chi connectivity index (χ4n) is 4.12. The third-order valence-electron chi connectivity index (χ3n) is 5.84. The van der Waals surface area contributed by atoms with Gasteiger partial charge in [0.15, 0.2) is 0 Å². The van der Waals surface area contributed by atoms with Crippen LogP contribution in [-0.2, 0) is 4.79 Å². The number of carbonyl (C=O) groups is 2. The molecule has 3 rings (SSSR count). The smallest absolute Gasteiger partial charge is 0.252 e. The summed E-state index contributed by atoms with van der Waals surface area (Å²) in [5.41, 5.74) is 6.78. The predicted molar refractivity (Wildman–Crippen MR) is 101 cm³/mol. The lowest BCUT2D eigenvalue weighted by molar-refractivity contribution is -0.135. The van der Waals surface area contributed by atoms with Crippen molar-refractivity contribution in [3.05, 3.63) is 22.4 Å². The maximum Gasteiger partial charge on any atom is 0.252 e. The first-order valence-electron chi connectivity index (χ1n) is 9.43. The highest BCUT2D eigenvalue weighted by Crippen LogP contribution is 2.39. The van der Waals surface area contributed by atoms with Gasteiger partial charge in [-0.25, -0.2) is 0 Å². The number of rotatable bonds is 5. The quantitative estimate of drug-likeness (QED) is 0.845. The molecular weight excluding hydrogens is 334 g/mol. The van der Waals surface area contributed by atoms with Crippen molar-refractivity contribution in [3.63, 3.8) is 0 Å². The first-order chi connectivity index (χ1) is 12.1. The van der Waals surface area contributed by atoms with Crippen molar-refractivity contribution in [2.45, 2.75) is 57.4 Å². The van der Waals surface area contributed by atoms with E-state index in [4.69, 9.17) is 5.73 Å². The van der Waals surface area contributed by atoms with Crippen molar-refractivity contribution >= 4 is 23.2 Å². The molecule has 1 aromatic heterocycles. The summed E-state index contributed by atoms with van der Waals surface area (Å²) in [5.74, 6) is 0.241. The number of nitrogens with zero attached hydrogens (tertiary/aromatic N) is 1. The van der Waals surface area contributed by atoms with Gasteiger partial charge >= 0.3 is 0 Å². The van der Waals surface area contributed by atoms with Crippen LogP contribution in [0, 0.1) is 5.41 Å². The second-order valence-corrected chi connectivity index (χ2v) is 8.36. The van der Waals surface area contributed by atoms with E-state index >= 15 is 0 Å². The second-order valence-electron chi connectivity index (χ2n) is 7.58. The molecule has 1 aliphatic carbocycles. The minimum Gasteiger partial charge on any atom is -0.349 e. The minimum absolute atomic E-state index is 0.00434. The molecule has 0 spiro atoms. The molecule has 25 heavy (non-hydrogen) atoms. The van der Waals surface area contributed by atoms with E-state index in [0.717, 1.165) is 44.3 Å². The largest absolute Gasteiger partial charge is 0.349 e. The molecule has 2 heterocycles. The first-order valence-corrected chi connectivity index (χ1v) is 10.4. The van der Waals surface area contributed by atoms with E-state index < -0.39 is 0 Å². The van der Waals surface area contributed by atoms with E-state index in [1.54, 1.807) is 0 Å². The summed E-state index contributed by atoms with van der Waals surface area (Å²) in [6, 6.07) is 2.00. The van der Waals surface area contributed by atoms with Gasteiger partial charge in [-0.05, 0) is 49.1 Å². The molecule has 0 radical (unpaired) electrons. The Bertz CT molecular complexity index is 573. The van der Waals surface area contributed by atoms with Crippen molar-refractivity contribution in [2.24, 2.45) is 11.1 Å². The van der Waals surface area contributed by atoms with Gasteiger partial charge in [-0.2, -0.15) is 11.3 Å². The highest BCUT2D eigenvalue weighted by atomic mass is 32.1. The summed E-state index contributed by atoms with van der Waals surface area (Å²) in [5, 5.41) is 6.87. The molecular formula is C19H29N3O2S. The van der Waals surface area contributed by atoms with Crippen LogP contribution in [0.4, 0.5) is 0 Å². The fraction of sp³-hybridized carbons (Fsp3) is 0.684. The van der Waals surface area contributed by atoms with Crippen molar-refractivity contribution in [3.8, 4) is 0 Å². The van der Waals surface area contributed by atoms with E-state index in [0.29, 0.717) is 13.0 Å². The van der Waals surface area contributed by atoms with Crippen LogP contribution in [0.3, 0.4) is 0 Å². The number of likely N-dealkylation sites (tertiary alicyclic amines) is 1. The molecule has 0 atom stereocenters. The summed E-state index contributed by atoms with van der Waals surface area (Å²) >= 11 is 1.53. The van der Waals surface area contributed by atoms with E-state index in [-0.39, 0.29) is 23.3 Å². The molecule has 5 nitrogen and oxygen atoms in total. The number of hydrogen-bond acceptors (Lipinski definition) is 4. The zero-order chi connectivity index (χ0) is 17.7. The Kier molecular flexibility index (Phi) is 6.12. The molecule has 1 aromatic rings. The lowest BCUT2D eigenvalue weighted by Crippen LogP contribution is -2.48. The van der Waals surface area contributed by atoms with Crippen molar-refractivity contribution in [1.29, 1.82) is 0 Å². The maximum atomic E-state index is 12.7. The lowest BCUT2D eigenvalue weighted by Gasteiger charge is -2.39. The second kappa shape index (κ2) is 8.32. The van der Waals surface area contributed by atoms with Gasteiger partial charge in [0.1, 0.15) is 0 Å². The van der Waals surface area contributed by atoms with Crippen LogP contribution in [0.5, 0.6) is 0 Å². The van der Waals surface area contributed by atoms with Gasteiger partial charge in [-0.3, -0.25) is 9.59 Å². The summed E-state index contributed by atoms with van der Waals surface area (Å²) in [6.45, 7) is 2.08. The Morgan fingerprint density at radius 2 is 1.96 bits per heavy atom. The third-order valence-corrected chi connectivity index (χ3v) is 6.52. The standard InChI is InChI=1S/C19H29N3O2S/c20-14-19(7-2-1-3-8-19)12-17(23)22-9-4-16(5-10-22)21-18(24)15-6-11-25-13-15/h6,11,13,16H,1-5,7-10,12,14,20H2,(H,21,24). The molecule has 6 heteroatoms. The molecule has 0 aromatic carbocycles. The van der Waals surface area contributed by atoms with Crippen LogP contribution in [0.2, 0.25) is 0 Å². The Balaban J connectivity index is 1.46. The normalized spacial score (nSPS) is 21.1. The SMILES string of the molecule is NCC1(CC(=O)N2CCC(NC(=O)c3ccsc3)CC2)CCCCC1. The Morgan fingerprint density at radius 3 is 2.56 bits per heavy atom. The molecule has 2 amide bonds. The van der Waals surface area contributed by atoms with E-state index in [2.05, 4.69) is 5.32 Å². The number of nitrogens with one attached hydrogen (secondary N) is 1. The van der Waals surface area contributed by atoms with Crippen molar-refractivity contribution in [1.82, 2.24) is 10.2 Å². The van der Waals surface area contributed by atoms with E-state index in [1.165, 1.54) is 30.6 Å². The summed E-state index contributed by atoms with van der Waals surface area (Å²) in [7, 11) is 0. The Labute approximate surface area is 154 Å². The topological polar surface area (TPSA) is 75.4 Å². The van der Waals surface area contributed by atoms with E-state index in [9.17, 15) is 9.59 Å². The third kappa shape index (κ3) is 4.61. The van der Waals surface area contributed by atoms with E-state index in [1.807, 2.05) is 21.7 Å². The molecule has 1 saturated heterocycles. The van der Waals surface area contributed by atoms with Gasteiger partial charge in [0, 0.05) is 36.5 Å². The molecule has 138 valence electrons. The lowest BCUT2D eigenvalue weighted by atomic mass is 9.71. The molecule has 0 unspecified atom stereocenters. The number of thiophene rings is 1. The van der Waals surface area contributed by atoms with Crippen LogP contribution in [0.25, 0.3) is 0 Å². The predicted octanol–water partition coefficient (Wildman–Crippen LogP) is 2.77. The summed E-state index contributed by atoms with van der Waals surface area (Å²) in [4.78, 5) is 26.8. The number of hydrogen-bond donors (Lipinski definition) is 2. The van der Waals surface area contributed by atoms with Gasteiger partial charge in [0.05, 0.1) is 0 Å². The number of piperidine rings is 1. The van der Waals surface area contributed by atoms with Crippen LogP contribution < -0.4 is 11.1 Å². The summed E-state index contributed by atoms with van der Waals surface area (Å²) < 4.78 is 0. The van der Waals surface area contributed by atoms with Gasteiger partial charge in [0.2, 0.25) is 5.91 Å². The average molecular weight is 364 g/mol. The van der Waals surface area contributed by atoms with Crippen molar-refractivity contribution < 1.29 is 9.59 Å². The monoisotopic (exact) mass is 363 g/mol. The van der Waals surface area contributed by atoms with Gasteiger partial charge in [0.25, 0.3) is 5.91 Å². The molecule has 1 aliphatic heterocycles. The first kappa shape index (κ1) is 18.4. The number of nitrogens with two attached hydrogens (primary N) is 1. The van der Waals surface area contributed by atoms with Crippen LogP contribution in [0.15, 0.2) is 16.8 Å². The molecule has 3 N–H and O–H groups in total. The highest BCUT2D eigenvalue weighted by molar-refractivity contribution is 7.08. The van der Waals surface area contributed by atoms with Crippen molar-refractivity contribution in [2.75, 3.05) is 19.6 Å². The molecule has 2 fully saturated rings. The zero-order valence-electron chi connectivity index (χ0n) is 14.8. The van der Waals surface area contributed by atoms with Crippen LogP contribution >= 0.6 is 11.3 Å². The molecule has 1 saturated carbocycles. The Morgan fingerprint density at radius 1 is 1.24 bits per heavy atom.